The van der Waals surface area contributed by atoms with Gasteiger partial charge in [-0.1, -0.05) is 25.3 Å². The molecule has 2 nitrogen and oxygen atoms in total. The number of benzene rings is 1. The minimum absolute atomic E-state index is 0.500. The van der Waals surface area contributed by atoms with E-state index < -0.39 is 0 Å². The molecular formula is C16H24N2. The Kier molecular flexibility index (Phi) is 2.96. The first-order valence-electron chi connectivity index (χ1n) is 7.24. The topological polar surface area (TPSA) is 15.3 Å². The van der Waals surface area contributed by atoms with Crippen LogP contribution in [0.5, 0.6) is 0 Å². The maximum absolute atomic E-state index is 3.72. The Balaban J connectivity index is 1.90. The lowest BCUT2D eigenvalue weighted by atomic mass is 9.74. The van der Waals surface area contributed by atoms with Crippen LogP contribution in [-0.4, -0.2) is 20.1 Å². The molecule has 98 valence electrons. The molecule has 1 aromatic carbocycles. The van der Waals surface area contributed by atoms with Crippen LogP contribution in [0.4, 0.5) is 11.4 Å². The molecule has 0 unspecified atom stereocenters. The van der Waals surface area contributed by atoms with Gasteiger partial charge in [-0.3, -0.25) is 0 Å². The molecule has 1 spiro atoms. The third kappa shape index (κ3) is 2.09. The van der Waals surface area contributed by atoms with Crippen molar-refractivity contribution in [3.05, 3.63) is 23.8 Å². The number of hydrogen-bond donors (Lipinski definition) is 1. The summed E-state index contributed by atoms with van der Waals surface area (Å²) in [5.74, 6) is 0. The van der Waals surface area contributed by atoms with Gasteiger partial charge in [0.25, 0.3) is 0 Å². The van der Waals surface area contributed by atoms with Crippen LogP contribution in [0.3, 0.4) is 0 Å². The van der Waals surface area contributed by atoms with Crippen molar-refractivity contribution in [3.63, 3.8) is 0 Å². The van der Waals surface area contributed by atoms with Crippen LogP contribution in [0.15, 0.2) is 18.2 Å². The molecule has 1 heterocycles. The lowest BCUT2D eigenvalue weighted by Crippen LogP contribution is -2.40. The van der Waals surface area contributed by atoms with E-state index in [0.717, 1.165) is 6.54 Å². The van der Waals surface area contributed by atoms with Crippen LogP contribution >= 0.6 is 0 Å². The zero-order chi connectivity index (χ0) is 12.6. The summed E-state index contributed by atoms with van der Waals surface area (Å²) in [6, 6.07) is 6.77. The van der Waals surface area contributed by atoms with E-state index in [9.17, 15) is 0 Å². The van der Waals surface area contributed by atoms with Crippen LogP contribution in [0.2, 0.25) is 0 Å². The van der Waals surface area contributed by atoms with Gasteiger partial charge >= 0.3 is 0 Å². The summed E-state index contributed by atoms with van der Waals surface area (Å²) in [5, 5.41) is 3.72. The van der Waals surface area contributed by atoms with Gasteiger partial charge < -0.3 is 10.2 Å². The molecule has 18 heavy (non-hydrogen) atoms. The van der Waals surface area contributed by atoms with Gasteiger partial charge in [0.15, 0.2) is 0 Å². The number of nitrogens with one attached hydrogen (secondary N) is 1. The van der Waals surface area contributed by atoms with Gasteiger partial charge in [-0.05, 0) is 37.5 Å². The predicted octanol–water partition coefficient (Wildman–Crippen LogP) is 3.81. The number of rotatable bonds is 0. The Labute approximate surface area is 110 Å². The third-order valence-electron chi connectivity index (χ3n) is 4.70. The normalized spacial score (nSPS) is 22.2. The second kappa shape index (κ2) is 4.49. The Bertz CT molecular complexity index is 433. The van der Waals surface area contributed by atoms with Gasteiger partial charge in [0.1, 0.15) is 0 Å². The van der Waals surface area contributed by atoms with Gasteiger partial charge in [0.2, 0.25) is 0 Å². The molecule has 0 radical (unpaired) electrons. The number of nitrogens with zero attached hydrogens (tertiary/aromatic N) is 1. The summed E-state index contributed by atoms with van der Waals surface area (Å²) in [4.78, 5) is 2.46. The van der Waals surface area contributed by atoms with Crippen molar-refractivity contribution in [2.45, 2.75) is 39.0 Å². The quantitative estimate of drug-likeness (QED) is 0.746. The summed E-state index contributed by atoms with van der Waals surface area (Å²) in [7, 11) is 2.25. The smallest absolute Gasteiger partial charge is 0.0599 e. The highest BCUT2D eigenvalue weighted by Gasteiger charge is 2.35. The maximum Gasteiger partial charge on any atom is 0.0599 e. The van der Waals surface area contributed by atoms with Gasteiger partial charge in [-0.15, -0.1) is 0 Å². The van der Waals surface area contributed by atoms with Crippen molar-refractivity contribution in [2.24, 2.45) is 5.41 Å². The molecule has 1 aliphatic heterocycles. The van der Waals surface area contributed by atoms with Crippen molar-refractivity contribution in [1.29, 1.82) is 0 Å². The highest BCUT2D eigenvalue weighted by molar-refractivity contribution is 5.71. The molecule has 2 aliphatic rings. The molecule has 0 bridgehead atoms. The number of aryl methyl sites for hydroxylation is 1. The predicted molar refractivity (Wildman–Crippen MR) is 78.5 cm³/mol. The van der Waals surface area contributed by atoms with Crippen LogP contribution < -0.4 is 10.2 Å². The average Bonchev–Trinajstić information content (AvgIpc) is 2.49. The summed E-state index contributed by atoms with van der Waals surface area (Å²) in [5.41, 5.74) is 4.53. The van der Waals surface area contributed by atoms with Crippen molar-refractivity contribution in [3.8, 4) is 0 Å². The van der Waals surface area contributed by atoms with Crippen molar-refractivity contribution < 1.29 is 0 Å². The Morgan fingerprint density at radius 3 is 2.72 bits per heavy atom. The third-order valence-corrected chi connectivity index (χ3v) is 4.70. The van der Waals surface area contributed by atoms with Crippen LogP contribution in [0.25, 0.3) is 0 Å². The first kappa shape index (κ1) is 11.9. The number of hydrogen-bond acceptors (Lipinski definition) is 2. The molecule has 1 saturated carbocycles. The minimum Gasteiger partial charge on any atom is -0.383 e. The molecule has 0 saturated heterocycles. The first-order valence-corrected chi connectivity index (χ1v) is 7.24. The molecule has 3 rings (SSSR count). The second-order valence-electron chi connectivity index (χ2n) is 6.29. The van der Waals surface area contributed by atoms with E-state index in [1.54, 1.807) is 0 Å². The fourth-order valence-corrected chi connectivity index (χ4v) is 3.69. The highest BCUT2D eigenvalue weighted by atomic mass is 15.2. The lowest BCUT2D eigenvalue weighted by molar-refractivity contribution is 0.215. The van der Waals surface area contributed by atoms with Gasteiger partial charge in [-0.2, -0.15) is 0 Å². The summed E-state index contributed by atoms with van der Waals surface area (Å²) in [6.07, 6.45) is 7.02. The Morgan fingerprint density at radius 1 is 1.17 bits per heavy atom. The maximum atomic E-state index is 3.72. The average molecular weight is 244 g/mol. The summed E-state index contributed by atoms with van der Waals surface area (Å²) < 4.78 is 0. The van der Waals surface area contributed by atoms with E-state index in [1.807, 2.05) is 0 Å². The fraction of sp³-hybridized carbons (Fsp3) is 0.625. The van der Waals surface area contributed by atoms with E-state index in [-0.39, 0.29) is 0 Å². The number of anilines is 2. The molecule has 1 aliphatic carbocycles. The van der Waals surface area contributed by atoms with Gasteiger partial charge in [0, 0.05) is 25.6 Å². The van der Waals surface area contributed by atoms with Crippen molar-refractivity contribution >= 4 is 11.4 Å². The van der Waals surface area contributed by atoms with E-state index in [2.05, 4.69) is 42.4 Å². The van der Waals surface area contributed by atoms with E-state index in [4.69, 9.17) is 0 Å². The van der Waals surface area contributed by atoms with Crippen molar-refractivity contribution in [1.82, 2.24) is 0 Å². The second-order valence-corrected chi connectivity index (χ2v) is 6.29. The van der Waals surface area contributed by atoms with Crippen LogP contribution in [-0.2, 0) is 0 Å². The largest absolute Gasteiger partial charge is 0.383 e. The van der Waals surface area contributed by atoms with Crippen LogP contribution in [0.1, 0.15) is 37.7 Å². The number of fused-ring (bicyclic) bond motifs is 1. The molecule has 1 fully saturated rings. The van der Waals surface area contributed by atoms with E-state index in [1.165, 1.54) is 55.6 Å². The molecule has 0 aromatic heterocycles. The molecule has 0 atom stereocenters. The molecular weight excluding hydrogens is 220 g/mol. The summed E-state index contributed by atoms with van der Waals surface area (Å²) >= 11 is 0. The van der Waals surface area contributed by atoms with E-state index in [0.29, 0.717) is 5.41 Å². The van der Waals surface area contributed by atoms with Crippen molar-refractivity contribution in [2.75, 3.05) is 30.4 Å². The fourth-order valence-electron chi connectivity index (χ4n) is 3.69. The summed E-state index contributed by atoms with van der Waals surface area (Å²) in [6.45, 7) is 4.52. The molecule has 0 amide bonds. The SMILES string of the molecule is Cc1ccc2c(c1)NCC1(CCCCC1)CN2C. The molecule has 2 heteroatoms. The monoisotopic (exact) mass is 244 g/mol. The van der Waals surface area contributed by atoms with Gasteiger partial charge in [0.05, 0.1) is 11.4 Å². The Hall–Kier alpha value is -1.18. The minimum atomic E-state index is 0.500. The highest BCUT2D eigenvalue weighted by Crippen LogP contribution is 2.41. The lowest BCUT2D eigenvalue weighted by Gasteiger charge is -2.38. The standard InChI is InChI=1S/C16H24N2/c1-13-6-7-15-14(10-13)17-11-16(12-18(15)2)8-4-3-5-9-16/h6-7,10,17H,3-5,8-9,11-12H2,1-2H3. The van der Waals surface area contributed by atoms with E-state index >= 15 is 0 Å². The van der Waals surface area contributed by atoms with Crippen LogP contribution in [0, 0.1) is 12.3 Å². The van der Waals surface area contributed by atoms with Gasteiger partial charge in [-0.25, -0.2) is 0 Å². The molecule has 1 aromatic rings. The zero-order valence-corrected chi connectivity index (χ0v) is 11.6. The Morgan fingerprint density at radius 2 is 1.94 bits per heavy atom. The molecule has 1 N–H and O–H groups in total. The first-order chi connectivity index (χ1) is 8.69. The zero-order valence-electron chi connectivity index (χ0n) is 11.6.